The summed E-state index contributed by atoms with van der Waals surface area (Å²) in [4.78, 5) is 0. The second-order valence-corrected chi connectivity index (χ2v) is 7.37. The number of allylic oxidation sites excluding steroid dienone is 1. The van der Waals surface area contributed by atoms with Crippen molar-refractivity contribution in [2.75, 3.05) is 20.1 Å². The molecule has 0 aliphatic heterocycles. The van der Waals surface area contributed by atoms with E-state index in [1.807, 2.05) is 12.1 Å². The number of unbranched alkanes of at least 4 members (excludes halogenated alkanes) is 1. The molecule has 0 fully saturated rings. The maximum atomic E-state index is 6.02. The fourth-order valence-electron chi connectivity index (χ4n) is 2.48. The van der Waals surface area contributed by atoms with Crippen LogP contribution >= 0.6 is 11.6 Å². The molecule has 0 aromatic heterocycles. The molecule has 0 bridgehead atoms. The van der Waals surface area contributed by atoms with Crippen LogP contribution in [0.25, 0.3) is 0 Å². The molecule has 0 radical (unpaired) electrons. The van der Waals surface area contributed by atoms with E-state index in [2.05, 4.69) is 70.0 Å². The zero-order chi connectivity index (χ0) is 16.8. The van der Waals surface area contributed by atoms with Gasteiger partial charge in [-0.2, -0.15) is 0 Å². The summed E-state index contributed by atoms with van der Waals surface area (Å²) in [5.74, 6) is 0. The maximum absolute atomic E-state index is 6.02. The molecule has 0 amide bonds. The molecule has 0 aliphatic rings. The number of halogens is 1. The van der Waals surface area contributed by atoms with E-state index in [-0.39, 0.29) is 5.41 Å². The standard InChI is InChI=1S/C19H31ClN2/c1-7-8-13-21(6)22(14-16(2)3)15-19(4,5)17-9-11-18(20)12-10-17/h9-12,14H,7-8,13,15H2,1-6H3. The third-order valence-corrected chi connectivity index (χ3v) is 4.12. The van der Waals surface area contributed by atoms with Crippen LogP contribution in [0.1, 0.15) is 53.0 Å². The van der Waals surface area contributed by atoms with Crippen LogP contribution in [0.15, 0.2) is 36.0 Å². The summed E-state index contributed by atoms with van der Waals surface area (Å²) < 4.78 is 0. The van der Waals surface area contributed by atoms with Gasteiger partial charge >= 0.3 is 0 Å². The van der Waals surface area contributed by atoms with Crippen molar-refractivity contribution in [1.82, 2.24) is 10.0 Å². The van der Waals surface area contributed by atoms with Gasteiger partial charge < -0.3 is 5.01 Å². The summed E-state index contributed by atoms with van der Waals surface area (Å²) in [6, 6.07) is 8.22. The fraction of sp³-hybridized carbons (Fsp3) is 0.579. The molecular weight excluding hydrogens is 292 g/mol. The normalized spacial score (nSPS) is 11.6. The van der Waals surface area contributed by atoms with E-state index in [0.717, 1.165) is 18.1 Å². The Morgan fingerprint density at radius 2 is 1.77 bits per heavy atom. The lowest BCUT2D eigenvalue weighted by molar-refractivity contribution is 0.0312. The van der Waals surface area contributed by atoms with Gasteiger partial charge in [-0.15, -0.1) is 0 Å². The lowest BCUT2D eigenvalue weighted by atomic mass is 9.84. The average Bonchev–Trinajstić information content (AvgIpc) is 2.43. The van der Waals surface area contributed by atoms with Crippen LogP contribution in [0, 0.1) is 0 Å². The number of hydrazine groups is 1. The largest absolute Gasteiger partial charge is 0.313 e. The van der Waals surface area contributed by atoms with Gasteiger partial charge in [-0.25, -0.2) is 5.01 Å². The van der Waals surface area contributed by atoms with Crippen molar-refractivity contribution < 1.29 is 0 Å². The van der Waals surface area contributed by atoms with Crippen molar-refractivity contribution >= 4 is 11.6 Å². The first kappa shape index (κ1) is 19.1. The molecule has 0 heterocycles. The van der Waals surface area contributed by atoms with Crippen molar-refractivity contribution in [3.05, 3.63) is 46.6 Å². The first-order chi connectivity index (χ1) is 10.3. The van der Waals surface area contributed by atoms with E-state index < -0.39 is 0 Å². The number of nitrogens with zero attached hydrogens (tertiary/aromatic N) is 2. The van der Waals surface area contributed by atoms with Gasteiger partial charge in [0.15, 0.2) is 0 Å². The Morgan fingerprint density at radius 1 is 1.18 bits per heavy atom. The van der Waals surface area contributed by atoms with E-state index in [1.165, 1.54) is 24.0 Å². The minimum Gasteiger partial charge on any atom is -0.313 e. The molecular formula is C19H31ClN2. The minimum absolute atomic E-state index is 0.0526. The summed E-state index contributed by atoms with van der Waals surface area (Å²) >= 11 is 6.02. The van der Waals surface area contributed by atoms with Crippen molar-refractivity contribution in [2.45, 2.75) is 52.9 Å². The van der Waals surface area contributed by atoms with Gasteiger partial charge in [-0.1, -0.05) is 56.5 Å². The first-order valence-corrected chi connectivity index (χ1v) is 8.53. The molecule has 1 aromatic carbocycles. The highest BCUT2D eigenvalue weighted by Crippen LogP contribution is 2.26. The SMILES string of the molecule is CCCCN(C)N(C=C(C)C)CC(C)(C)c1ccc(Cl)cc1. The van der Waals surface area contributed by atoms with Crippen LogP contribution in [0.3, 0.4) is 0 Å². The third-order valence-electron chi connectivity index (χ3n) is 3.86. The van der Waals surface area contributed by atoms with Crippen molar-refractivity contribution in [3.63, 3.8) is 0 Å². The van der Waals surface area contributed by atoms with Crippen molar-refractivity contribution in [1.29, 1.82) is 0 Å². The van der Waals surface area contributed by atoms with Gasteiger partial charge in [0.05, 0.1) is 0 Å². The van der Waals surface area contributed by atoms with Crippen LogP contribution in [0.2, 0.25) is 5.02 Å². The summed E-state index contributed by atoms with van der Waals surface area (Å²) in [5, 5.41) is 5.47. The Hall–Kier alpha value is -0.990. The number of benzene rings is 1. The first-order valence-electron chi connectivity index (χ1n) is 8.15. The molecule has 0 saturated carbocycles. The summed E-state index contributed by atoms with van der Waals surface area (Å²) in [5.41, 5.74) is 2.68. The molecule has 1 aromatic rings. The summed E-state index contributed by atoms with van der Waals surface area (Å²) in [6.45, 7) is 13.1. The topological polar surface area (TPSA) is 6.48 Å². The van der Waals surface area contributed by atoms with Crippen LogP contribution in [0.5, 0.6) is 0 Å². The second kappa shape index (κ2) is 8.59. The Labute approximate surface area is 141 Å². The Bertz CT molecular complexity index is 473. The zero-order valence-electron chi connectivity index (χ0n) is 15.0. The third kappa shape index (κ3) is 6.02. The highest BCUT2D eigenvalue weighted by atomic mass is 35.5. The molecule has 2 nitrogen and oxygen atoms in total. The predicted molar refractivity (Wildman–Crippen MR) is 98.2 cm³/mol. The van der Waals surface area contributed by atoms with Crippen molar-refractivity contribution in [2.24, 2.45) is 0 Å². The molecule has 0 aliphatic carbocycles. The molecule has 0 N–H and O–H groups in total. The molecule has 124 valence electrons. The maximum Gasteiger partial charge on any atom is 0.0431 e. The monoisotopic (exact) mass is 322 g/mol. The summed E-state index contributed by atoms with van der Waals surface area (Å²) in [6.07, 6.45) is 4.67. The second-order valence-electron chi connectivity index (χ2n) is 6.93. The fourth-order valence-corrected chi connectivity index (χ4v) is 2.60. The van der Waals surface area contributed by atoms with Gasteiger partial charge in [0.2, 0.25) is 0 Å². The van der Waals surface area contributed by atoms with E-state index in [1.54, 1.807) is 0 Å². The molecule has 0 spiro atoms. The molecule has 3 heteroatoms. The van der Waals surface area contributed by atoms with Crippen LogP contribution in [-0.4, -0.2) is 30.2 Å². The quantitative estimate of drug-likeness (QED) is 0.584. The van der Waals surface area contributed by atoms with E-state index >= 15 is 0 Å². The number of rotatable bonds is 8. The molecule has 1 rings (SSSR count). The zero-order valence-corrected chi connectivity index (χ0v) is 15.7. The molecule has 22 heavy (non-hydrogen) atoms. The van der Waals surface area contributed by atoms with E-state index in [0.29, 0.717) is 0 Å². The number of hydrogen-bond donors (Lipinski definition) is 0. The lowest BCUT2D eigenvalue weighted by Crippen LogP contribution is -2.43. The van der Waals surface area contributed by atoms with Gasteiger partial charge in [0.1, 0.15) is 0 Å². The van der Waals surface area contributed by atoms with E-state index in [9.17, 15) is 0 Å². The summed E-state index contributed by atoms with van der Waals surface area (Å²) in [7, 11) is 2.17. The molecule has 0 saturated heterocycles. The van der Waals surface area contributed by atoms with Gasteiger partial charge in [0, 0.05) is 36.8 Å². The van der Waals surface area contributed by atoms with Crippen LogP contribution in [0.4, 0.5) is 0 Å². The molecule has 0 atom stereocenters. The highest BCUT2D eigenvalue weighted by molar-refractivity contribution is 6.30. The molecule has 0 unspecified atom stereocenters. The Kier molecular flexibility index (Phi) is 7.44. The average molecular weight is 323 g/mol. The van der Waals surface area contributed by atoms with Gasteiger partial charge in [-0.3, -0.25) is 0 Å². The highest BCUT2D eigenvalue weighted by Gasteiger charge is 2.24. The van der Waals surface area contributed by atoms with E-state index in [4.69, 9.17) is 11.6 Å². The van der Waals surface area contributed by atoms with Gasteiger partial charge in [0.25, 0.3) is 0 Å². The number of hydrogen-bond acceptors (Lipinski definition) is 2. The van der Waals surface area contributed by atoms with Crippen molar-refractivity contribution in [3.8, 4) is 0 Å². The smallest absolute Gasteiger partial charge is 0.0431 e. The predicted octanol–water partition coefficient (Wildman–Crippen LogP) is 5.49. The Morgan fingerprint density at radius 3 is 2.27 bits per heavy atom. The van der Waals surface area contributed by atoms with Crippen LogP contribution < -0.4 is 0 Å². The van der Waals surface area contributed by atoms with Gasteiger partial charge in [-0.05, 0) is 38.0 Å². The minimum atomic E-state index is 0.0526. The van der Waals surface area contributed by atoms with Crippen LogP contribution in [-0.2, 0) is 5.41 Å². The Balaban J connectivity index is 2.91. The lowest BCUT2D eigenvalue weighted by Gasteiger charge is -2.38.